The van der Waals surface area contributed by atoms with Gasteiger partial charge in [0.1, 0.15) is 5.75 Å². The van der Waals surface area contributed by atoms with Crippen LogP contribution in [0.25, 0.3) is 0 Å². The predicted octanol–water partition coefficient (Wildman–Crippen LogP) is 3.35. The van der Waals surface area contributed by atoms with E-state index in [1.807, 2.05) is 42.5 Å². The molecule has 0 bridgehead atoms. The highest BCUT2D eigenvalue weighted by atomic mass is 32.2. The summed E-state index contributed by atoms with van der Waals surface area (Å²) in [5.41, 5.74) is 0.904. The van der Waals surface area contributed by atoms with Crippen LogP contribution in [0.1, 0.15) is 5.56 Å². The van der Waals surface area contributed by atoms with E-state index in [0.29, 0.717) is 6.61 Å². The van der Waals surface area contributed by atoms with Crippen LogP contribution < -0.4 is 4.74 Å². The van der Waals surface area contributed by atoms with E-state index in [1.54, 1.807) is 11.8 Å². The SMILES string of the molecule is OCc1ccc(OCCSc2ccccc2)cc1. The molecule has 0 unspecified atom stereocenters. The molecule has 1 N–H and O–H groups in total. The molecule has 0 fully saturated rings. The molecule has 2 rings (SSSR count). The fraction of sp³-hybridized carbons (Fsp3) is 0.200. The Hall–Kier alpha value is -1.45. The van der Waals surface area contributed by atoms with Crippen LogP contribution in [0.2, 0.25) is 0 Å². The first-order chi connectivity index (χ1) is 8.88. The summed E-state index contributed by atoms with van der Waals surface area (Å²) in [6, 6.07) is 17.8. The van der Waals surface area contributed by atoms with Gasteiger partial charge in [-0.15, -0.1) is 11.8 Å². The number of hydrogen-bond acceptors (Lipinski definition) is 3. The van der Waals surface area contributed by atoms with E-state index in [0.717, 1.165) is 17.1 Å². The molecule has 0 spiro atoms. The number of benzene rings is 2. The smallest absolute Gasteiger partial charge is 0.119 e. The zero-order valence-corrected chi connectivity index (χ0v) is 10.9. The van der Waals surface area contributed by atoms with E-state index >= 15 is 0 Å². The standard InChI is InChI=1S/C15H16O2S/c16-12-13-6-8-14(9-7-13)17-10-11-18-15-4-2-1-3-5-15/h1-9,16H,10-12H2. The minimum absolute atomic E-state index is 0.0736. The number of ether oxygens (including phenoxy) is 1. The van der Waals surface area contributed by atoms with Gasteiger partial charge in [-0.05, 0) is 29.8 Å². The van der Waals surface area contributed by atoms with Crippen LogP contribution in [0.4, 0.5) is 0 Å². The molecule has 0 aliphatic carbocycles. The molecule has 0 aromatic heterocycles. The van der Waals surface area contributed by atoms with Crippen molar-refractivity contribution >= 4 is 11.8 Å². The molecule has 0 saturated carbocycles. The van der Waals surface area contributed by atoms with Gasteiger partial charge < -0.3 is 9.84 Å². The number of hydrogen-bond donors (Lipinski definition) is 1. The lowest BCUT2D eigenvalue weighted by Crippen LogP contribution is -2.00. The van der Waals surface area contributed by atoms with Gasteiger partial charge in [0, 0.05) is 10.6 Å². The van der Waals surface area contributed by atoms with Crippen molar-refractivity contribution in [1.82, 2.24) is 0 Å². The molecular formula is C15H16O2S. The molecule has 0 aliphatic heterocycles. The van der Waals surface area contributed by atoms with Gasteiger partial charge in [-0.1, -0.05) is 30.3 Å². The number of aliphatic hydroxyl groups excluding tert-OH is 1. The zero-order chi connectivity index (χ0) is 12.6. The topological polar surface area (TPSA) is 29.5 Å². The number of aliphatic hydroxyl groups is 1. The summed E-state index contributed by atoms with van der Waals surface area (Å²) in [6.45, 7) is 0.752. The monoisotopic (exact) mass is 260 g/mol. The fourth-order valence-corrected chi connectivity index (χ4v) is 2.28. The lowest BCUT2D eigenvalue weighted by molar-refractivity contribution is 0.281. The molecule has 3 heteroatoms. The summed E-state index contributed by atoms with van der Waals surface area (Å²) in [5, 5.41) is 8.92. The van der Waals surface area contributed by atoms with Crippen LogP contribution >= 0.6 is 11.8 Å². The molecule has 0 atom stereocenters. The summed E-state index contributed by atoms with van der Waals surface area (Å²) >= 11 is 1.78. The van der Waals surface area contributed by atoms with Crippen LogP contribution in [-0.2, 0) is 6.61 Å². The molecule has 18 heavy (non-hydrogen) atoms. The summed E-state index contributed by atoms with van der Waals surface area (Å²) < 4.78 is 5.62. The van der Waals surface area contributed by atoms with Gasteiger partial charge in [-0.25, -0.2) is 0 Å². The third kappa shape index (κ3) is 4.09. The quantitative estimate of drug-likeness (QED) is 0.638. The van der Waals surface area contributed by atoms with Crippen molar-refractivity contribution in [2.24, 2.45) is 0 Å². The van der Waals surface area contributed by atoms with Crippen molar-refractivity contribution in [3.05, 3.63) is 60.2 Å². The van der Waals surface area contributed by atoms with Crippen LogP contribution in [0.3, 0.4) is 0 Å². The Balaban J connectivity index is 1.72. The van der Waals surface area contributed by atoms with Crippen molar-refractivity contribution in [3.8, 4) is 5.75 Å². The molecule has 2 aromatic carbocycles. The van der Waals surface area contributed by atoms with Gasteiger partial charge in [0.15, 0.2) is 0 Å². The Morgan fingerprint density at radius 3 is 2.33 bits per heavy atom. The van der Waals surface area contributed by atoms with Gasteiger partial charge in [-0.2, -0.15) is 0 Å². The molecule has 0 amide bonds. The Morgan fingerprint density at radius 2 is 1.67 bits per heavy atom. The Bertz CT molecular complexity index is 454. The minimum Gasteiger partial charge on any atom is -0.493 e. The second kappa shape index (κ2) is 7.09. The van der Waals surface area contributed by atoms with Crippen LogP contribution in [0.5, 0.6) is 5.75 Å². The normalized spacial score (nSPS) is 10.3. The van der Waals surface area contributed by atoms with Gasteiger partial charge >= 0.3 is 0 Å². The molecule has 0 aliphatic rings. The predicted molar refractivity (Wildman–Crippen MR) is 75.0 cm³/mol. The van der Waals surface area contributed by atoms with Crippen molar-refractivity contribution in [3.63, 3.8) is 0 Å². The molecule has 2 aromatic rings. The van der Waals surface area contributed by atoms with E-state index in [1.165, 1.54) is 4.90 Å². The molecule has 0 heterocycles. The Kier molecular flexibility index (Phi) is 5.12. The maximum Gasteiger partial charge on any atom is 0.119 e. The molecular weight excluding hydrogens is 244 g/mol. The zero-order valence-electron chi connectivity index (χ0n) is 10.1. The summed E-state index contributed by atoms with van der Waals surface area (Å²) in [5.74, 6) is 1.77. The first-order valence-electron chi connectivity index (χ1n) is 5.89. The van der Waals surface area contributed by atoms with Gasteiger partial charge in [0.25, 0.3) is 0 Å². The molecule has 94 valence electrons. The second-order valence-corrected chi connectivity index (χ2v) is 4.98. The van der Waals surface area contributed by atoms with Crippen LogP contribution in [0.15, 0.2) is 59.5 Å². The van der Waals surface area contributed by atoms with E-state index in [2.05, 4.69) is 12.1 Å². The third-order valence-electron chi connectivity index (χ3n) is 2.47. The van der Waals surface area contributed by atoms with E-state index in [4.69, 9.17) is 9.84 Å². The third-order valence-corrected chi connectivity index (χ3v) is 3.45. The lowest BCUT2D eigenvalue weighted by atomic mass is 10.2. The largest absolute Gasteiger partial charge is 0.493 e. The highest BCUT2D eigenvalue weighted by Crippen LogP contribution is 2.17. The average Bonchev–Trinajstić information content (AvgIpc) is 2.45. The van der Waals surface area contributed by atoms with Crippen molar-refractivity contribution in [2.75, 3.05) is 12.4 Å². The van der Waals surface area contributed by atoms with E-state index < -0.39 is 0 Å². The van der Waals surface area contributed by atoms with Crippen molar-refractivity contribution in [2.45, 2.75) is 11.5 Å². The summed E-state index contributed by atoms with van der Waals surface area (Å²) in [4.78, 5) is 1.26. The average molecular weight is 260 g/mol. The molecule has 0 radical (unpaired) electrons. The summed E-state index contributed by atoms with van der Waals surface area (Å²) in [7, 11) is 0. The number of rotatable bonds is 6. The van der Waals surface area contributed by atoms with Gasteiger partial charge in [-0.3, -0.25) is 0 Å². The maximum absolute atomic E-state index is 8.92. The summed E-state index contributed by atoms with van der Waals surface area (Å²) in [6.07, 6.45) is 0. The number of thioether (sulfide) groups is 1. The van der Waals surface area contributed by atoms with Crippen molar-refractivity contribution in [1.29, 1.82) is 0 Å². The Morgan fingerprint density at radius 1 is 0.944 bits per heavy atom. The maximum atomic E-state index is 8.92. The first-order valence-corrected chi connectivity index (χ1v) is 6.87. The van der Waals surface area contributed by atoms with Crippen LogP contribution in [-0.4, -0.2) is 17.5 Å². The van der Waals surface area contributed by atoms with E-state index in [9.17, 15) is 0 Å². The molecule has 0 saturated heterocycles. The van der Waals surface area contributed by atoms with Crippen LogP contribution in [0, 0.1) is 0 Å². The highest BCUT2D eigenvalue weighted by Gasteiger charge is 1.96. The first kappa shape index (κ1) is 13.0. The lowest BCUT2D eigenvalue weighted by Gasteiger charge is -2.06. The minimum atomic E-state index is 0.0736. The molecule has 2 nitrogen and oxygen atoms in total. The van der Waals surface area contributed by atoms with Gasteiger partial charge in [0.05, 0.1) is 13.2 Å². The Labute approximate surface area is 112 Å². The fourth-order valence-electron chi connectivity index (χ4n) is 1.53. The second-order valence-electron chi connectivity index (χ2n) is 3.81. The van der Waals surface area contributed by atoms with E-state index in [-0.39, 0.29) is 6.61 Å². The highest BCUT2D eigenvalue weighted by molar-refractivity contribution is 7.99. The van der Waals surface area contributed by atoms with Crippen molar-refractivity contribution < 1.29 is 9.84 Å². The van der Waals surface area contributed by atoms with Gasteiger partial charge in [0.2, 0.25) is 0 Å².